The number of amides is 3. The van der Waals surface area contributed by atoms with Crippen molar-refractivity contribution in [3.05, 3.63) is 53.6 Å². The van der Waals surface area contributed by atoms with Crippen LogP contribution in [0.15, 0.2) is 42.5 Å². The number of carbonyl (C=O) groups excluding carboxylic acids is 4. The Kier molecular flexibility index (Phi) is 5.71. The molecule has 3 atom stereocenters. The van der Waals surface area contributed by atoms with E-state index in [2.05, 4.69) is 0 Å². The molecule has 0 radical (unpaired) electrons. The van der Waals surface area contributed by atoms with Crippen LogP contribution in [0.1, 0.15) is 43.2 Å². The van der Waals surface area contributed by atoms with E-state index in [9.17, 15) is 19.2 Å². The third-order valence-electron chi connectivity index (χ3n) is 7.25. The van der Waals surface area contributed by atoms with Gasteiger partial charge in [0.05, 0.1) is 23.4 Å². The number of anilines is 2. The zero-order valence-corrected chi connectivity index (χ0v) is 19.5. The number of hydrogen-bond donors (Lipinski definition) is 0. The monoisotopic (exact) mass is 460 g/mol. The Hall–Kier alpha value is -3.48. The Balaban J connectivity index is 1.30. The highest BCUT2D eigenvalue weighted by Crippen LogP contribution is 2.40. The first-order valence-electron chi connectivity index (χ1n) is 11.9. The van der Waals surface area contributed by atoms with Crippen molar-refractivity contribution in [2.24, 2.45) is 17.8 Å². The molecule has 5 rings (SSSR count). The highest BCUT2D eigenvalue weighted by molar-refractivity contribution is 6.22. The molecular weight excluding hydrogens is 432 g/mol. The summed E-state index contributed by atoms with van der Waals surface area (Å²) in [5, 5.41) is 0. The van der Waals surface area contributed by atoms with E-state index in [0.717, 1.165) is 42.5 Å². The van der Waals surface area contributed by atoms with Crippen LogP contribution in [0, 0.1) is 31.6 Å². The van der Waals surface area contributed by atoms with Crippen molar-refractivity contribution in [1.29, 1.82) is 0 Å². The number of carbonyl (C=O) groups is 4. The van der Waals surface area contributed by atoms with Gasteiger partial charge in [0.25, 0.3) is 0 Å². The van der Waals surface area contributed by atoms with Gasteiger partial charge in [-0.05, 0) is 56.0 Å². The molecule has 2 saturated heterocycles. The van der Waals surface area contributed by atoms with Crippen molar-refractivity contribution < 1.29 is 23.9 Å². The standard InChI is InChI=1S/C27H28N2O5/c1-16-10-11-17(2)23(12-16)28-15-18(13-24(28)30)27(33)34-20-7-5-6-19(14-20)29-25(31)21-8-3-4-9-22(21)26(29)32/h5-7,10-12,14,18,21-22H,3-4,8-9,13,15H2,1-2H3/t18-,21-,22+/m0/s1. The Morgan fingerprint density at radius 2 is 1.65 bits per heavy atom. The van der Waals surface area contributed by atoms with E-state index in [1.54, 1.807) is 29.2 Å². The van der Waals surface area contributed by atoms with Gasteiger partial charge >= 0.3 is 5.97 Å². The van der Waals surface area contributed by atoms with Crippen molar-refractivity contribution in [3.63, 3.8) is 0 Å². The highest BCUT2D eigenvalue weighted by atomic mass is 16.5. The van der Waals surface area contributed by atoms with E-state index < -0.39 is 11.9 Å². The Bertz CT molecular complexity index is 1170. The molecule has 3 aliphatic rings. The summed E-state index contributed by atoms with van der Waals surface area (Å²) in [6.07, 6.45) is 3.49. The lowest BCUT2D eigenvalue weighted by Gasteiger charge is -2.19. The predicted octanol–water partition coefficient (Wildman–Crippen LogP) is 3.94. The predicted molar refractivity (Wildman–Crippen MR) is 126 cm³/mol. The molecule has 2 aromatic rings. The minimum atomic E-state index is -0.589. The number of nitrogens with zero attached hydrogens (tertiary/aromatic N) is 2. The molecule has 2 aromatic carbocycles. The van der Waals surface area contributed by atoms with E-state index in [4.69, 9.17) is 4.74 Å². The highest BCUT2D eigenvalue weighted by Gasteiger charge is 2.48. The summed E-state index contributed by atoms with van der Waals surface area (Å²) >= 11 is 0. The van der Waals surface area contributed by atoms with E-state index in [0.29, 0.717) is 5.69 Å². The molecule has 7 heteroatoms. The fourth-order valence-electron chi connectivity index (χ4n) is 5.41. The van der Waals surface area contributed by atoms with Gasteiger partial charge in [-0.15, -0.1) is 0 Å². The molecule has 2 heterocycles. The number of rotatable bonds is 4. The molecule has 7 nitrogen and oxygen atoms in total. The third-order valence-corrected chi connectivity index (χ3v) is 7.25. The van der Waals surface area contributed by atoms with Crippen molar-refractivity contribution in [3.8, 4) is 5.75 Å². The van der Waals surface area contributed by atoms with Crippen LogP contribution in [-0.2, 0) is 19.2 Å². The van der Waals surface area contributed by atoms with Gasteiger partial charge in [-0.2, -0.15) is 0 Å². The Morgan fingerprint density at radius 1 is 0.941 bits per heavy atom. The molecule has 0 bridgehead atoms. The number of hydrogen-bond acceptors (Lipinski definition) is 5. The van der Waals surface area contributed by atoms with Crippen molar-refractivity contribution in [2.45, 2.75) is 46.0 Å². The lowest BCUT2D eigenvalue weighted by atomic mass is 9.81. The summed E-state index contributed by atoms with van der Waals surface area (Å²) in [7, 11) is 0. The molecule has 34 heavy (non-hydrogen) atoms. The van der Waals surface area contributed by atoms with Gasteiger partial charge in [0.2, 0.25) is 17.7 Å². The number of imide groups is 1. The molecule has 1 saturated carbocycles. The molecule has 3 fully saturated rings. The first-order chi connectivity index (χ1) is 16.3. The number of esters is 1. The average molecular weight is 461 g/mol. The van der Waals surface area contributed by atoms with E-state index in [1.165, 1.54) is 4.90 Å². The van der Waals surface area contributed by atoms with Crippen LogP contribution in [0.5, 0.6) is 5.75 Å². The van der Waals surface area contributed by atoms with Crippen molar-refractivity contribution in [1.82, 2.24) is 0 Å². The Morgan fingerprint density at radius 3 is 2.35 bits per heavy atom. The van der Waals surface area contributed by atoms with Crippen LogP contribution in [0.2, 0.25) is 0 Å². The van der Waals surface area contributed by atoms with Crippen LogP contribution in [-0.4, -0.2) is 30.2 Å². The topological polar surface area (TPSA) is 84.0 Å². The summed E-state index contributed by atoms with van der Waals surface area (Å²) < 4.78 is 5.61. The molecule has 176 valence electrons. The SMILES string of the molecule is Cc1ccc(C)c(N2C[C@@H](C(=O)Oc3cccc(N4C(=O)[C@H]5CCCC[C@H]5C4=O)c3)CC2=O)c1. The smallest absolute Gasteiger partial charge is 0.316 e. The van der Waals surface area contributed by atoms with Gasteiger partial charge in [-0.1, -0.05) is 31.0 Å². The quantitative estimate of drug-likeness (QED) is 0.392. The van der Waals surface area contributed by atoms with Gasteiger partial charge < -0.3 is 9.64 Å². The van der Waals surface area contributed by atoms with Crippen molar-refractivity contribution >= 4 is 35.1 Å². The summed E-state index contributed by atoms with van der Waals surface area (Å²) in [6.45, 7) is 4.16. The van der Waals surface area contributed by atoms with Gasteiger partial charge in [0.15, 0.2) is 0 Å². The normalized spacial score (nSPS) is 24.5. The zero-order chi connectivity index (χ0) is 24.0. The van der Waals surface area contributed by atoms with Crippen molar-refractivity contribution in [2.75, 3.05) is 16.3 Å². The van der Waals surface area contributed by atoms with Crippen LogP contribution in [0.3, 0.4) is 0 Å². The second kappa shape index (κ2) is 8.70. The maximum atomic E-state index is 12.9. The lowest BCUT2D eigenvalue weighted by Crippen LogP contribution is -2.31. The maximum absolute atomic E-state index is 12.9. The van der Waals surface area contributed by atoms with E-state index in [-0.39, 0.29) is 48.3 Å². The zero-order valence-electron chi connectivity index (χ0n) is 19.5. The van der Waals surface area contributed by atoms with Crippen LogP contribution in [0.25, 0.3) is 0 Å². The molecule has 0 N–H and O–H groups in total. The minimum absolute atomic E-state index is 0.0817. The van der Waals surface area contributed by atoms with E-state index in [1.807, 2.05) is 32.0 Å². The molecule has 1 aliphatic carbocycles. The van der Waals surface area contributed by atoms with E-state index >= 15 is 0 Å². The van der Waals surface area contributed by atoms with Gasteiger partial charge in [-0.3, -0.25) is 19.2 Å². The minimum Gasteiger partial charge on any atom is -0.426 e. The molecule has 0 aromatic heterocycles. The first kappa shape index (κ1) is 22.3. The molecule has 3 amide bonds. The second-order valence-corrected chi connectivity index (χ2v) is 9.62. The lowest BCUT2D eigenvalue weighted by molar-refractivity contribution is -0.139. The summed E-state index contributed by atoms with van der Waals surface area (Å²) in [6, 6.07) is 12.4. The van der Waals surface area contributed by atoms with Gasteiger partial charge in [0, 0.05) is 24.7 Å². The largest absolute Gasteiger partial charge is 0.426 e. The Labute approximate surface area is 198 Å². The number of benzene rings is 2. The summed E-state index contributed by atoms with van der Waals surface area (Å²) in [4.78, 5) is 54.3. The summed E-state index contributed by atoms with van der Waals surface area (Å²) in [5.74, 6) is -1.75. The fraction of sp³-hybridized carbons (Fsp3) is 0.407. The first-order valence-corrected chi connectivity index (χ1v) is 11.9. The summed E-state index contributed by atoms with van der Waals surface area (Å²) in [5.41, 5.74) is 3.26. The third kappa shape index (κ3) is 3.89. The molecule has 2 aliphatic heterocycles. The number of aryl methyl sites for hydroxylation is 2. The van der Waals surface area contributed by atoms with Gasteiger partial charge in [-0.25, -0.2) is 4.90 Å². The molecule has 0 spiro atoms. The van der Waals surface area contributed by atoms with Crippen LogP contribution >= 0.6 is 0 Å². The number of fused-ring (bicyclic) bond motifs is 1. The maximum Gasteiger partial charge on any atom is 0.316 e. The average Bonchev–Trinajstić information content (AvgIpc) is 3.33. The van der Waals surface area contributed by atoms with Gasteiger partial charge in [0.1, 0.15) is 5.75 Å². The molecular formula is C27H28N2O5. The molecule has 0 unspecified atom stereocenters. The fourth-order valence-corrected chi connectivity index (χ4v) is 5.41. The number of ether oxygens (including phenoxy) is 1. The van der Waals surface area contributed by atoms with Crippen LogP contribution in [0.4, 0.5) is 11.4 Å². The second-order valence-electron chi connectivity index (χ2n) is 9.62. The van der Waals surface area contributed by atoms with Crippen LogP contribution < -0.4 is 14.5 Å².